The molecule has 0 aliphatic rings. The van der Waals surface area contributed by atoms with Gasteiger partial charge in [-0.3, -0.25) is 0 Å². The number of aromatic nitrogens is 1. The zero-order valence-electron chi connectivity index (χ0n) is 24.5. The monoisotopic (exact) mass is 640 g/mol. The van der Waals surface area contributed by atoms with Crippen LogP contribution in [0.1, 0.15) is 0 Å². The first-order valence-electron chi connectivity index (χ1n) is 15.1. The van der Waals surface area contributed by atoms with Gasteiger partial charge in [-0.15, -0.1) is 0 Å². The van der Waals surface area contributed by atoms with Crippen molar-refractivity contribution in [1.82, 2.24) is 4.57 Å². The van der Waals surface area contributed by atoms with Crippen molar-refractivity contribution in [3.63, 3.8) is 0 Å². The smallest absolute Gasteiger partial charge is 0.0547 e. The van der Waals surface area contributed by atoms with Crippen LogP contribution in [0.3, 0.4) is 0 Å². The minimum absolute atomic E-state index is 1.03. The molecule has 0 aliphatic carbocycles. The van der Waals surface area contributed by atoms with Crippen LogP contribution in [0.4, 0.5) is 17.1 Å². The minimum atomic E-state index is 1.03. The van der Waals surface area contributed by atoms with E-state index < -0.39 is 0 Å². The zero-order chi connectivity index (χ0) is 30.2. The summed E-state index contributed by atoms with van der Waals surface area (Å²) in [5.74, 6) is 0. The van der Waals surface area contributed by atoms with Crippen LogP contribution >= 0.6 is 15.9 Å². The number of hydrogen-bond acceptors (Lipinski definition) is 1. The van der Waals surface area contributed by atoms with E-state index in [1.807, 2.05) is 0 Å². The molecule has 2 nitrogen and oxygen atoms in total. The Kier molecular flexibility index (Phi) is 7.01. The first kappa shape index (κ1) is 27.2. The number of benzene rings is 7. The molecule has 0 atom stereocenters. The highest BCUT2D eigenvalue weighted by Crippen LogP contribution is 2.40. The van der Waals surface area contributed by atoms with Crippen LogP contribution in [0.2, 0.25) is 0 Å². The van der Waals surface area contributed by atoms with Crippen molar-refractivity contribution in [3.8, 4) is 27.9 Å². The van der Waals surface area contributed by atoms with E-state index >= 15 is 0 Å². The molecule has 1 heterocycles. The lowest BCUT2D eigenvalue weighted by atomic mass is 10.0. The van der Waals surface area contributed by atoms with Crippen LogP contribution in [0.15, 0.2) is 180 Å². The Hall–Kier alpha value is -5.38. The molecular weight excluding hydrogens is 612 g/mol. The van der Waals surface area contributed by atoms with Gasteiger partial charge in [0.15, 0.2) is 0 Å². The van der Waals surface area contributed by atoms with Crippen molar-refractivity contribution >= 4 is 54.8 Å². The van der Waals surface area contributed by atoms with Crippen LogP contribution in [0.25, 0.3) is 49.7 Å². The van der Waals surface area contributed by atoms with E-state index in [0.717, 1.165) is 38.3 Å². The van der Waals surface area contributed by atoms with Crippen LogP contribution in [-0.4, -0.2) is 4.57 Å². The predicted octanol–water partition coefficient (Wildman–Crippen LogP) is 12.3. The highest BCUT2D eigenvalue weighted by molar-refractivity contribution is 9.10. The van der Waals surface area contributed by atoms with E-state index in [2.05, 4.69) is 201 Å². The van der Waals surface area contributed by atoms with Crippen molar-refractivity contribution < 1.29 is 0 Å². The Morgan fingerprint density at radius 1 is 0.378 bits per heavy atom. The van der Waals surface area contributed by atoms with Gasteiger partial charge in [-0.2, -0.15) is 0 Å². The highest BCUT2D eigenvalue weighted by atomic mass is 79.9. The quantitative estimate of drug-likeness (QED) is 0.175. The van der Waals surface area contributed by atoms with Crippen LogP contribution < -0.4 is 4.90 Å². The Bertz CT molecular complexity index is 2260. The molecule has 0 fully saturated rings. The molecule has 8 aromatic rings. The second-order valence-electron chi connectivity index (χ2n) is 11.2. The maximum absolute atomic E-state index is 3.86. The number of halogens is 1. The average Bonchev–Trinajstić information content (AvgIpc) is 3.43. The molecule has 8 rings (SSSR count). The van der Waals surface area contributed by atoms with E-state index in [1.165, 1.54) is 32.9 Å². The normalized spacial score (nSPS) is 11.2. The van der Waals surface area contributed by atoms with Gasteiger partial charge < -0.3 is 9.47 Å². The number of rotatable bonds is 6. The third kappa shape index (κ3) is 5.12. The molecule has 0 saturated heterocycles. The summed E-state index contributed by atoms with van der Waals surface area (Å²) in [4.78, 5) is 2.32. The molecule has 214 valence electrons. The van der Waals surface area contributed by atoms with Gasteiger partial charge in [0.05, 0.1) is 11.0 Å². The molecule has 3 heteroatoms. The molecule has 45 heavy (non-hydrogen) atoms. The summed E-state index contributed by atoms with van der Waals surface area (Å²) in [7, 11) is 0. The fourth-order valence-corrected chi connectivity index (χ4v) is 6.81. The van der Waals surface area contributed by atoms with Crippen LogP contribution in [0.5, 0.6) is 0 Å². The van der Waals surface area contributed by atoms with Crippen molar-refractivity contribution in [2.24, 2.45) is 0 Å². The summed E-state index contributed by atoms with van der Waals surface area (Å²) < 4.78 is 3.40. The number of hydrogen-bond donors (Lipinski definition) is 0. The molecule has 0 unspecified atom stereocenters. The Morgan fingerprint density at radius 3 is 1.71 bits per heavy atom. The van der Waals surface area contributed by atoms with Gasteiger partial charge in [0.2, 0.25) is 0 Å². The first-order valence-corrected chi connectivity index (χ1v) is 15.9. The lowest BCUT2D eigenvalue weighted by molar-refractivity contribution is 1.18. The topological polar surface area (TPSA) is 8.17 Å². The molecule has 0 bridgehead atoms. The fraction of sp³-hybridized carbons (Fsp3) is 0. The van der Waals surface area contributed by atoms with Gasteiger partial charge in [-0.1, -0.05) is 125 Å². The summed E-state index contributed by atoms with van der Waals surface area (Å²) in [6.45, 7) is 0. The maximum Gasteiger partial charge on any atom is 0.0547 e. The average molecular weight is 642 g/mol. The standard InChI is InChI=1S/C42H29BrN2/c43-34-26-33(32-22-25-40-39-18-10-11-19-41(39)45(42(40)28-32)36-16-8-3-9-17-36)27-38(29-34)44(35-14-6-2-7-15-35)37-23-20-31(21-24-37)30-12-4-1-5-13-30/h1-29H. The molecule has 1 aromatic heterocycles. The highest BCUT2D eigenvalue weighted by Gasteiger charge is 2.17. The predicted molar refractivity (Wildman–Crippen MR) is 194 cm³/mol. The van der Waals surface area contributed by atoms with E-state index in [4.69, 9.17) is 0 Å². The summed E-state index contributed by atoms with van der Waals surface area (Å²) in [6, 6.07) is 62.8. The van der Waals surface area contributed by atoms with Crippen molar-refractivity contribution in [2.45, 2.75) is 0 Å². The van der Waals surface area contributed by atoms with Gasteiger partial charge in [0.25, 0.3) is 0 Å². The maximum atomic E-state index is 3.86. The largest absolute Gasteiger partial charge is 0.310 e. The van der Waals surface area contributed by atoms with Gasteiger partial charge in [-0.05, 0) is 89.0 Å². The van der Waals surface area contributed by atoms with E-state index in [9.17, 15) is 0 Å². The molecule has 0 aliphatic heterocycles. The summed E-state index contributed by atoms with van der Waals surface area (Å²) in [6.07, 6.45) is 0. The van der Waals surface area contributed by atoms with Crippen molar-refractivity contribution in [1.29, 1.82) is 0 Å². The SMILES string of the molecule is Brc1cc(-c2ccc3c4ccccc4n(-c4ccccc4)c3c2)cc(N(c2ccccc2)c2ccc(-c3ccccc3)cc2)c1. The third-order valence-corrected chi connectivity index (χ3v) is 8.87. The van der Waals surface area contributed by atoms with Crippen LogP contribution in [0, 0.1) is 0 Å². The first-order chi connectivity index (χ1) is 22.2. The number of para-hydroxylation sites is 3. The summed E-state index contributed by atoms with van der Waals surface area (Å²) >= 11 is 3.86. The molecule has 0 spiro atoms. The van der Waals surface area contributed by atoms with Gasteiger partial charge >= 0.3 is 0 Å². The number of anilines is 3. The molecule has 0 saturated carbocycles. The minimum Gasteiger partial charge on any atom is -0.310 e. The molecule has 0 amide bonds. The summed E-state index contributed by atoms with van der Waals surface area (Å²) in [5.41, 5.74) is 11.6. The third-order valence-electron chi connectivity index (χ3n) is 8.41. The molecule has 0 N–H and O–H groups in total. The molecule has 7 aromatic carbocycles. The number of fused-ring (bicyclic) bond motifs is 3. The molecular formula is C42H29BrN2. The van der Waals surface area contributed by atoms with Crippen LogP contribution in [-0.2, 0) is 0 Å². The van der Waals surface area contributed by atoms with Gasteiger partial charge in [0, 0.05) is 38.0 Å². The van der Waals surface area contributed by atoms with Crippen molar-refractivity contribution in [3.05, 3.63) is 180 Å². The van der Waals surface area contributed by atoms with E-state index in [1.54, 1.807) is 0 Å². The van der Waals surface area contributed by atoms with E-state index in [-0.39, 0.29) is 0 Å². The second kappa shape index (κ2) is 11.6. The number of nitrogens with zero attached hydrogens (tertiary/aromatic N) is 2. The van der Waals surface area contributed by atoms with E-state index in [0.29, 0.717) is 0 Å². The fourth-order valence-electron chi connectivity index (χ4n) is 6.33. The lowest BCUT2D eigenvalue weighted by Gasteiger charge is -2.26. The Morgan fingerprint density at radius 2 is 0.956 bits per heavy atom. The zero-order valence-corrected chi connectivity index (χ0v) is 26.1. The Balaban J connectivity index is 1.27. The van der Waals surface area contributed by atoms with Gasteiger partial charge in [-0.25, -0.2) is 0 Å². The Labute approximate surface area is 271 Å². The van der Waals surface area contributed by atoms with Crippen molar-refractivity contribution in [2.75, 3.05) is 4.90 Å². The lowest BCUT2D eigenvalue weighted by Crippen LogP contribution is -2.10. The second-order valence-corrected chi connectivity index (χ2v) is 12.1. The molecule has 0 radical (unpaired) electrons. The van der Waals surface area contributed by atoms with Gasteiger partial charge in [0.1, 0.15) is 0 Å². The summed E-state index contributed by atoms with van der Waals surface area (Å²) in [5, 5.41) is 2.50.